The van der Waals surface area contributed by atoms with Crippen molar-refractivity contribution < 1.29 is 4.74 Å². The van der Waals surface area contributed by atoms with E-state index in [1.54, 1.807) is 24.2 Å². The van der Waals surface area contributed by atoms with Crippen LogP contribution in [0.4, 0.5) is 0 Å². The molecule has 0 radical (unpaired) electrons. The van der Waals surface area contributed by atoms with Crippen LogP contribution in [0.15, 0.2) is 18.7 Å². The Balaban J connectivity index is 2.16. The van der Waals surface area contributed by atoms with Crippen molar-refractivity contribution in [1.29, 1.82) is 0 Å². The van der Waals surface area contributed by atoms with Gasteiger partial charge in [-0.25, -0.2) is 9.97 Å². The first-order valence-electron chi connectivity index (χ1n) is 3.45. The third-order valence-corrected chi connectivity index (χ3v) is 2.59. The van der Waals surface area contributed by atoms with Crippen molar-refractivity contribution in [1.82, 2.24) is 9.97 Å². The van der Waals surface area contributed by atoms with Gasteiger partial charge in [-0.15, -0.1) is 11.8 Å². The van der Waals surface area contributed by atoms with Gasteiger partial charge in [-0.05, 0) is 0 Å². The number of hydrogen-bond acceptors (Lipinski definition) is 4. The summed E-state index contributed by atoms with van der Waals surface area (Å²) < 4.78 is 5.42. The molecule has 1 aliphatic rings. The Kier molecular flexibility index (Phi) is 2.05. The Bertz CT molecular complexity index is 223. The average molecular weight is 168 g/mol. The van der Waals surface area contributed by atoms with E-state index in [0.29, 0.717) is 0 Å². The second-order valence-electron chi connectivity index (χ2n) is 2.25. The summed E-state index contributed by atoms with van der Waals surface area (Å²) in [6.07, 6.45) is 5.13. The fourth-order valence-corrected chi connectivity index (χ4v) is 1.90. The van der Waals surface area contributed by atoms with Crippen LogP contribution >= 0.6 is 11.8 Å². The normalized spacial score (nSPS) is 23.8. The van der Waals surface area contributed by atoms with E-state index in [1.165, 1.54) is 6.33 Å². The van der Waals surface area contributed by atoms with E-state index in [1.807, 2.05) is 0 Å². The summed E-state index contributed by atoms with van der Waals surface area (Å²) in [6.45, 7) is 0.838. The molecule has 0 bridgehead atoms. The van der Waals surface area contributed by atoms with Crippen LogP contribution < -0.4 is 0 Å². The molecule has 0 N–H and O–H groups in total. The van der Waals surface area contributed by atoms with Gasteiger partial charge in [0.2, 0.25) is 0 Å². The van der Waals surface area contributed by atoms with Crippen molar-refractivity contribution in [2.24, 2.45) is 0 Å². The van der Waals surface area contributed by atoms with Gasteiger partial charge in [0.1, 0.15) is 11.8 Å². The highest BCUT2D eigenvalue weighted by Gasteiger charge is 2.17. The Morgan fingerprint density at radius 3 is 2.91 bits per heavy atom. The zero-order chi connectivity index (χ0) is 7.52. The minimum atomic E-state index is 0.163. The molecular formula is C7H8N2OS. The number of ether oxygens (including phenoxy) is 1. The standard InChI is InChI=1S/C7H8N2OS/c1-2-11-7(10-1)6-3-8-5-9-4-6/h3-5,7H,1-2H2. The van der Waals surface area contributed by atoms with Crippen LogP contribution in [0.25, 0.3) is 0 Å². The molecule has 0 aromatic carbocycles. The Hall–Kier alpha value is -0.610. The SMILES string of the molecule is c1ncc(C2OCCS2)cn1. The van der Waals surface area contributed by atoms with Crippen molar-refractivity contribution in [3.05, 3.63) is 24.3 Å². The Morgan fingerprint density at radius 1 is 1.45 bits per heavy atom. The van der Waals surface area contributed by atoms with Gasteiger partial charge in [0.25, 0.3) is 0 Å². The summed E-state index contributed by atoms with van der Waals surface area (Å²) in [5.74, 6) is 1.07. The number of thioether (sulfide) groups is 1. The summed E-state index contributed by atoms with van der Waals surface area (Å²) >= 11 is 1.79. The predicted octanol–water partition coefficient (Wildman–Crippen LogP) is 1.24. The molecule has 1 aromatic rings. The first kappa shape index (κ1) is 7.06. The van der Waals surface area contributed by atoms with E-state index in [9.17, 15) is 0 Å². The summed E-state index contributed by atoms with van der Waals surface area (Å²) in [4.78, 5) is 7.85. The molecule has 58 valence electrons. The van der Waals surface area contributed by atoms with Crippen molar-refractivity contribution >= 4 is 11.8 Å². The van der Waals surface area contributed by atoms with Crippen LogP contribution in [0.5, 0.6) is 0 Å². The molecule has 1 saturated heterocycles. The maximum atomic E-state index is 5.42. The van der Waals surface area contributed by atoms with Gasteiger partial charge in [-0.3, -0.25) is 0 Å². The van der Waals surface area contributed by atoms with E-state index in [2.05, 4.69) is 9.97 Å². The largest absolute Gasteiger partial charge is 0.362 e. The molecule has 0 spiro atoms. The lowest BCUT2D eigenvalue weighted by Crippen LogP contribution is -1.94. The quantitative estimate of drug-likeness (QED) is 0.632. The fraction of sp³-hybridized carbons (Fsp3) is 0.429. The summed E-state index contributed by atoms with van der Waals surface area (Å²) in [5, 5.41) is 0. The molecular weight excluding hydrogens is 160 g/mol. The lowest BCUT2D eigenvalue weighted by Gasteiger charge is -2.05. The molecule has 2 heterocycles. The average Bonchev–Trinajstić information content (AvgIpc) is 2.58. The van der Waals surface area contributed by atoms with Crippen molar-refractivity contribution in [3.63, 3.8) is 0 Å². The van der Waals surface area contributed by atoms with E-state index in [-0.39, 0.29) is 5.44 Å². The van der Waals surface area contributed by atoms with E-state index < -0.39 is 0 Å². The molecule has 2 rings (SSSR count). The second-order valence-corrected chi connectivity index (χ2v) is 3.42. The van der Waals surface area contributed by atoms with Crippen molar-refractivity contribution in [2.45, 2.75) is 5.44 Å². The molecule has 1 aromatic heterocycles. The van der Waals surface area contributed by atoms with Gasteiger partial charge in [0.15, 0.2) is 0 Å². The number of hydrogen-bond donors (Lipinski definition) is 0. The number of nitrogens with zero attached hydrogens (tertiary/aromatic N) is 2. The van der Waals surface area contributed by atoms with E-state index in [0.717, 1.165) is 17.9 Å². The highest BCUT2D eigenvalue weighted by molar-refractivity contribution is 7.99. The molecule has 4 heteroatoms. The van der Waals surface area contributed by atoms with E-state index in [4.69, 9.17) is 4.74 Å². The van der Waals surface area contributed by atoms with Gasteiger partial charge in [-0.1, -0.05) is 0 Å². The molecule has 1 atom stereocenters. The summed E-state index contributed by atoms with van der Waals surface area (Å²) in [7, 11) is 0. The van der Waals surface area contributed by atoms with Gasteiger partial charge in [0, 0.05) is 23.7 Å². The predicted molar refractivity (Wildman–Crippen MR) is 43.2 cm³/mol. The van der Waals surface area contributed by atoms with E-state index >= 15 is 0 Å². The van der Waals surface area contributed by atoms with Crippen molar-refractivity contribution in [3.8, 4) is 0 Å². The highest BCUT2D eigenvalue weighted by atomic mass is 32.2. The molecule has 0 saturated carbocycles. The van der Waals surface area contributed by atoms with Crippen LogP contribution in [0.3, 0.4) is 0 Å². The topological polar surface area (TPSA) is 35.0 Å². The smallest absolute Gasteiger partial charge is 0.131 e. The number of aromatic nitrogens is 2. The molecule has 11 heavy (non-hydrogen) atoms. The maximum absolute atomic E-state index is 5.42. The molecule has 0 aliphatic carbocycles. The zero-order valence-corrected chi connectivity index (χ0v) is 6.75. The minimum Gasteiger partial charge on any atom is -0.362 e. The highest BCUT2D eigenvalue weighted by Crippen LogP contribution is 2.33. The van der Waals surface area contributed by atoms with Gasteiger partial charge >= 0.3 is 0 Å². The number of rotatable bonds is 1. The van der Waals surface area contributed by atoms with Gasteiger partial charge < -0.3 is 4.74 Å². The third kappa shape index (κ3) is 1.52. The fourth-order valence-electron chi connectivity index (χ4n) is 0.983. The first-order valence-corrected chi connectivity index (χ1v) is 4.50. The molecule has 0 amide bonds. The van der Waals surface area contributed by atoms with Gasteiger partial charge in [0.05, 0.1) is 6.61 Å². The van der Waals surface area contributed by atoms with Crippen LogP contribution in [-0.4, -0.2) is 22.3 Å². The van der Waals surface area contributed by atoms with Crippen LogP contribution in [0.2, 0.25) is 0 Å². The van der Waals surface area contributed by atoms with Crippen molar-refractivity contribution in [2.75, 3.05) is 12.4 Å². The lowest BCUT2D eigenvalue weighted by molar-refractivity contribution is 0.144. The monoisotopic (exact) mass is 168 g/mol. The maximum Gasteiger partial charge on any atom is 0.131 e. The minimum absolute atomic E-state index is 0.163. The van der Waals surface area contributed by atoms with Crippen LogP contribution in [0.1, 0.15) is 11.0 Å². The Labute approximate surface area is 69.2 Å². The zero-order valence-electron chi connectivity index (χ0n) is 5.93. The molecule has 3 nitrogen and oxygen atoms in total. The first-order chi connectivity index (χ1) is 5.47. The summed E-state index contributed by atoms with van der Waals surface area (Å²) in [6, 6.07) is 0. The van der Waals surface area contributed by atoms with Gasteiger partial charge in [-0.2, -0.15) is 0 Å². The second kappa shape index (κ2) is 3.19. The van der Waals surface area contributed by atoms with Crippen LogP contribution in [0, 0.1) is 0 Å². The molecule has 1 aliphatic heterocycles. The lowest BCUT2D eigenvalue weighted by atomic mass is 10.4. The third-order valence-electron chi connectivity index (χ3n) is 1.47. The van der Waals surface area contributed by atoms with Crippen LogP contribution in [-0.2, 0) is 4.74 Å². The molecule has 1 unspecified atom stereocenters. The Morgan fingerprint density at radius 2 is 2.27 bits per heavy atom. The molecule has 1 fully saturated rings. The summed E-state index contributed by atoms with van der Waals surface area (Å²) in [5.41, 5.74) is 1.23.